The van der Waals surface area contributed by atoms with Crippen molar-refractivity contribution in [2.75, 3.05) is 4.90 Å². The molecule has 0 spiro atoms. The minimum atomic E-state index is -0.183. The number of benzene rings is 1. The molecule has 1 aliphatic rings. The molecule has 2 atom stereocenters. The average Bonchev–Trinajstić information content (AvgIpc) is 2.55. The highest BCUT2D eigenvalue weighted by atomic mass is 16.2. The third kappa shape index (κ3) is 1.59. The van der Waals surface area contributed by atoms with E-state index < -0.39 is 0 Å². The third-order valence-electron chi connectivity index (χ3n) is 2.85. The lowest BCUT2D eigenvalue weighted by Crippen LogP contribution is -2.32. The van der Waals surface area contributed by atoms with Crippen molar-refractivity contribution in [1.29, 1.82) is 5.26 Å². The summed E-state index contributed by atoms with van der Waals surface area (Å²) in [5.74, 6) is -0.141. The monoisotopic (exact) mass is 200 g/mol. The summed E-state index contributed by atoms with van der Waals surface area (Å²) >= 11 is 0. The number of carbonyl (C=O) groups excluding carboxylic acids is 1. The minimum Gasteiger partial charge on any atom is -0.308 e. The van der Waals surface area contributed by atoms with Gasteiger partial charge in [0.2, 0.25) is 5.91 Å². The maximum absolute atomic E-state index is 11.7. The second kappa shape index (κ2) is 3.74. The topological polar surface area (TPSA) is 44.1 Å². The number of hydrogen-bond acceptors (Lipinski definition) is 2. The number of amides is 1. The number of anilines is 1. The van der Waals surface area contributed by atoms with Crippen LogP contribution in [0.2, 0.25) is 0 Å². The highest BCUT2D eigenvalue weighted by Crippen LogP contribution is 2.29. The standard InChI is InChI=1S/C12H12N2O/c1-9-10(8-13)7-12(15)14(9)11-5-3-2-4-6-11/h2-6,9-10H,7H2,1H3. The first-order valence-corrected chi connectivity index (χ1v) is 5.00. The van der Waals surface area contributed by atoms with Crippen LogP contribution in [0.4, 0.5) is 5.69 Å². The molecule has 1 aliphatic heterocycles. The molecule has 15 heavy (non-hydrogen) atoms. The Labute approximate surface area is 88.9 Å². The first-order chi connectivity index (χ1) is 7.24. The maximum Gasteiger partial charge on any atom is 0.228 e. The molecule has 3 heteroatoms. The van der Waals surface area contributed by atoms with E-state index in [2.05, 4.69) is 6.07 Å². The fraction of sp³-hybridized carbons (Fsp3) is 0.333. The summed E-state index contributed by atoms with van der Waals surface area (Å²) in [6, 6.07) is 11.7. The van der Waals surface area contributed by atoms with Crippen molar-refractivity contribution in [1.82, 2.24) is 0 Å². The van der Waals surface area contributed by atoms with Crippen molar-refractivity contribution in [2.24, 2.45) is 5.92 Å². The van der Waals surface area contributed by atoms with Gasteiger partial charge in [-0.15, -0.1) is 0 Å². The zero-order chi connectivity index (χ0) is 10.8. The molecule has 0 aromatic heterocycles. The Hall–Kier alpha value is -1.82. The van der Waals surface area contributed by atoms with Gasteiger partial charge >= 0.3 is 0 Å². The number of para-hydroxylation sites is 1. The summed E-state index contributed by atoms with van der Waals surface area (Å²) in [5, 5.41) is 8.89. The van der Waals surface area contributed by atoms with Crippen LogP contribution < -0.4 is 4.90 Å². The molecule has 76 valence electrons. The Bertz CT molecular complexity index is 407. The molecule has 3 nitrogen and oxygen atoms in total. The van der Waals surface area contributed by atoms with Gasteiger partial charge in [-0.2, -0.15) is 5.26 Å². The first kappa shape index (κ1) is 9.72. The molecule has 1 fully saturated rings. The van der Waals surface area contributed by atoms with Crippen LogP contribution in [0.5, 0.6) is 0 Å². The maximum atomic E-state index is 11.7. The van der Waals surface area contributed by atoms with E-state index in [-0.39, 0.29) is 17.9 Å². The Morgan fingerprint density at radius 1 is 1.40 bits per heavy atom. The number of nitriles is 1. The number of carbonyl (C=O) groups is 1. The van der Waals surface area contributed by atoms with Crippen LogP contribution in [-0.2, 0) is 4.79 Å². The van der Waals surface area contributed by atoms with Gasteiger partial charge in [-0.25, -0.2) is 0 Å². The van der Waals surface area contributed by atoms with Crippen LogP contribution in [0.15, 0.2) is 30.3 Å². The molecule has 1 heterocycles. The summed E-state index contributed by atoms with van der Waals surface area (Å²) in [6.07, 6.45) is 0.340. The molecule has 1 saturated heterocycles. The van der Waals surface area contributed by atoms with Gasteiger partial charge in [0.15, 0.2) is 0 Å². The molecule has 0 aliphatic carbocycles. The van der Waals surface area contributed by atoms with Crippen LogP contribution in [0.25, 0.3) is 0 Å². The lowest BCUT2D eigenvalue weighted by atomic mass is 10.0. The van der Waals surface area contributed by atoms with Gasteiger partial charge in [0.1, 0.15) is 0 Å². The zero-order valence-electron chi connectivity index (χ0n) is 8.55. The van der Waals surface area contributed by atoms with Crippen molar-refractivity contribution in [3.63, 3.8) is 0 Å². The number of nitrogens with zero attached hydrogens (tertiary/aromatic N) is 2. The van der Waals surface area contributed by atoms with Crippen LogP contribution in [-0.4, -0.2) is 11.9 Å². The van der Waals surface area contributed by atoms with Gasteiger partial charge in [-0.05, 0) is 19.1 Å². The van der Waals surface area contributed by atoms with Crippen LogP contribution in [0.1, 0.15) is 13.3 Å². The lowest BCUT2D eigenvalue weighted by Gasteiger charge is -2.22. The Balaban J connectivity index is 2.32. The molecule has 1 aromatic rings. The smallest absolute Gasteiger partial charge is 0.228 e. The number of rotatable bonds is 1. The molecule has 1 aromatic carbocycles. The lowest BCUT2D eigenvalue weighted by molar-refractivity contribution is -0.117. The van der Waals surface area contributed by atoms with Gasteiger partial charge in [-0.3, -0.25) is 4.79 Å². The Morgan fingerprint density at radius 3 is 2.60 bits per heavy atom. The van der Waals surface area contributed by atoms with Gasteiger partial charge < -0.3 is 4.90 Å². The van der Waals surface area contributed by atoms with E-state index in [9.17, 15) is 4.79 Å². The van der Waals surface area contributed by atoms with E-state index in [0.717, 1.165) is 5.69 Å². The molecule has 2 rings (SSSR count). The van der Waals surface area contributed by atoms with Crippen molar-refractivity contribution >= 4 is 11.6 Å². The van der Waals surface area contributed by atoms with Crippen molar-refractivity contribution in [3.05, 3.63) is 30.3 Å². The predicted molar refractivity (Wildman–Crippen MR) is 57.1 cm³/mol. The minimum absolute atomic E-state index is 0.0232. The largest absolute Gasteiger partial charge is 0.308 e. The van der Waals surface area contributed by atoms with Gasteiger partial charge in [0, 0.05) is 12.1 Å². The molecular formula is C12H12N2O. The van der Waals surface area contributed by atoms with Crippen molar-refractivity contribution < 1.29 is 4.79 Å². The van der Waals surface area contributed by atoms with Crippen LogP contribution >= 0.6 is 0 Å². The highest BCUT2D eigenvalue weighted by Gasteiger charge is 2.37. The summed E-state index contributed by atoms with van der Waals surface area (Å²) in [5.41, 5.74) is 0.882. The molecule has 0 saturated carbocycles. The van der Waals surface area contributed by atoms with Gasteiger partial charge in [0.05, 0.1) is 18.0 Å². The Morgan fingerprint density at radius 2 is 2.07 bits per heavy atom. The summed E-state index contributed by atoms with van der Waals surface area (Å²) < 4.78 is 0. The Kier molecular flexibility index (Phi) is 2.42. The quantitative estimate of drug-likeness (QED) is 0.695. The highest BCUT2D eigenvalue weighted by molar-refractivity contribution is 5.96. The van der Waals surface area contributed by atoms with Crippen LogP contribution in [0, 0.1) is 17.2 Å². The molecule has 1 amide bonds. The first-order valence-electron chi connectivity index (χ1n) is 5.00. The third-order valence-corrected chi connectivity index (χ3v) is 2.85. The number of hydrogen-bond donors (Lipinski definition) is 0. The second-order valence-electron chi connectivity index (χ2n) is 3.78. The van der Waals surface area contributed by atoms with E-state index in [1.54, 1.807) is 4.90 Å². The molecule has 0 N–H and O–H groups in total. The normalized spacial score (nSPS) is 25.3. The second-order valence-corrected chi connectivity index (χ2v) is 3.78. The molecule has 0 bridgehead atoms. The molecule has 0 radical (unpaired) electrons. The molecule has 2 unspecified atom stereocenters. The van der Waals surface area contributed by atoms with E-state index in [1.807, 2.05) is 37.3 Å². The predicted octanol–water partition coefficient (Wildman–Crippen LogP) is 1.95. The van der Waals surface area contributed by atoms with E-state index in [0.29, 0.717) is 6.42 Å². The van der Waals surface area contributed by atoms with Crippen molar-refractivity contribution in [2.45, 2.75) is 19.4 Å². The van der Waals surface area contributed by atoms with E-state index in [1.165, 1.54) is 0 Å². The fourth-order valence-corrected chi connectivity index (χ4v) is 1.99. The van der Waals surface area contributed by atoms with Crippen LogP contribution in [0.3, 0.4) is 0 Å². The van der Waals surface area contributed by atoms with E-state index in [4.69, 9.17) is 5.26 Å². The summed E-state index contributed by atoms with van der Waals surface area (Å²) in [4.78, 5) is 13.4. The summed E-state index contributed by atoms with van der Waals surface area (Å²) in [6.45, 7) is 1.92. The van der Waals surface area contributed by atoms with Gasteiger partial charge in [0.25, 0.3) is 0 Å². The SMILES string of the molecule is CC1C(C#N)CC(=O)N1c1ccccc1. The van der Waals surface area contributed by atoms with Crippen molar-refractivity contribution in [3.8, 4) is 6.07 Å². The average molecular weight is 200 g/mol. The summed E-state index contributed by atoms with van der Waals surface area (Å²) in [7, 11) is 0. The van der Waals surface area contributed by atoms with Gasteiger partial charge in [-0.1, -0.05) is 18.2 Å². The zero-order valence-corrected chi connectivity index (χ0v) is 8.55. The fourth-order valence-electron chi connectivity index (χ4n) is 1.99. The molecular weight excluding hydrogens is 188 g/mol. The van der Waals surface area contributed by atoms with E-state index >= 15 is 0 Å².